The van der Waals surface area contributed by atoms with Crippen LogP contribution < -0.4 is 9.64 Å². The van der Waals surface area contributed by atoms with Crippen molar-refractivity contribution in [2.24, 2.45) is 0 Å². The van der Waals surface area contributed by atoms with E-state index >= 15 is 0 Å². The fraction of sp³-hybridized carbons (Fsp3) is 0.174. The number of imidazole rings is 1. The summed E-state index contributed by atoms with van der Waals surface area (Å²) in [6.45, 7) is 1.99. The Kier molecular flexibility index (Phi) is 3.82. The van der Waals surface area contributed by atoms with Gasteiger partial charge in [-0.05, 0) is 41.8 Å². The van der Waals surface area contributed by atoms with Gasteiger partial charge in [0.2, 0.25) is 0 Å². The SMILES string of the molecule is COc1ccc2nc(-c3cccc(N4CCc5ccccc5C4)c3)[nH]c2c1. The normalized spacial score (nSPS) is 13.6. The van der Waals surface area contributed by atoms with Gasteiger partial charge >= 0.3 is 0 Å². The van der Waals surface area contributed by atoms with E-state index in [1.165, 1.54) is 16.8 Å². The van der Waals surface area contributed by atoms with Crippen molar-refractivity contribution in [2.75, 3.05) is 18.6 Å². The highest BCUT2D eigenvalue weighted by molar-refractivity contribution is 5.81. The zero-order valence-electron chi connectivity index (χ0n) is 15.3. The summed E-state index contributed by atoms with van der Waals surface area (Å²) in [6, 6.07) is 23.3. The maximum atomic E-state index is 5.31. The van der Waals surface area contributed by atoms with Crippen LogP contribution in [0.2, 0.25) is 0 Å². The Hall–Kier alpha value is -3.27. The molecule has 27 heavy (non-hydrogen) atoms. The van der Waals surface area contributed by atoms with Crippen LogP contribution in [0, 0.1) is 0 Å². The summed E-state index contributed by atoms with van der Waals surface area (Å²) in [5.41, 5.74) is 7.16. The molecule has 0 spiro atoms. The monoisotopic (exact) mass is 355 g/mol. The predicted molar refractivity (Wildman–Crippen MR) is 109 cm³/mol. The second kappa shape index (κ2) is 6.47. The Bertz CT molecular complexity index is 1120. The van der Waals surface area contributed by atoms with Crippen LogP contribution in [0.4, 0.5) is 5.69 Å². The van der Waals surface area contributed by atoms with Gasteiger partial charge in [0, 0.05) is 30.4 Å². The molecule has 1 N–H and O–H groups in total. The molecule has 5 rings (SSSR count). The number of fused-ring (bicyclic) bond motifs is 2. The lowest BCUT2D eigenvalue weighted by molar-refractivity contribution is 0.415. The molecule has 0 saturated carbocycles. The molecule has 4 nitrogen and oxygen atoms in total. The van der Waals surface area contributed by atoms with Crippen molar-refractivity contribution < 1.29 is 4.74 Å². The van der Waals surface area contributed by atoms with Crippen LogP contribution in [0.3, 0.4) is 0 Å². The molecule has 0 bridgehead atoms. The summed E-state index contributed by atoms with van der Waals surface area (Å²) < 4.78 is 5.31. The number of hydrogen-bond donors (Lipinski definition) is 1. The molecule has 0 amide bonds. The van der Waals surface area contributed by atoms with Crippen LogP contribution in [0.1, 0.15) is 11.1 Å². The van der Waals surface area contributed by atoms with Crippen molar-refractivity contribution in [3.8, 4) is 17.1 Å². The molecular formula is C23H21N3O. The van der Waals surface area contributed by atoms with Crippen molar-refractivity contribution >= 4 is 16.7 Å². The van der Waals surface area contributed by atoms with Gasteiger partial charge in [-0.15, -0.1) is 0 Å². The molecular weight excluding hydrogens is 334 g/mol. The van der Waals surface area contributed by atoms with Crippen molar-refractivity contribution in [2.45, 2.75) is 13.0 Å². The molecule has 0 saturated heterocycles. The number of aromatic amines is 1. The molecule has 1 aromatic heterocycles. The molecule has 1 aliphatic rings. The van der Waals surface area contributed by atoms with E-state index < -0.39 is 0 Å². The van der Waals surface area contributed by atoms with Gasteiger partial charge in [-0.2, -0.15) is 0 Å². The molecule has 4 heteroatoms. The number of nitrogens with one attached hydrogen (secondary N) is 1. The minimum absolute atomic E-state index is 0.832. The topological polar surface area (TPSA) is 41.1 Å². The van der Waals surface area contributed by atoms with Crippen LogP contribution in [-0.4, -0.2) is 23.6 Å². The number of anilines is 1. The number of hydrogen-bond acceptors (Lipinski definition) is 3. The number of aromatic nitrogens is 2. The molecule has 1 aliphatic heterocycles. The Morgan fingerprint density at radius 1 is 0.963 bits per heavy atom. The molecule has 4 aromatic rings. The van der Waals surface area contributed by atoms with Crippen molar-refractivity contribution in [1.82, 2.24) is 9.97 Å². The summed E-state index contributed by atoms with van der Waals surface area (Å²) in [7, 11) is 1.68. The maximum Gasteiger partial charge on any atom is 0.138 e. The zero-order chi connectivity index (χ0) is 18.2. The van der Waals surface area contributed by atoms with Crippen LogP contribution >= 0.6 is 0 Å². The van der Waals surface area contributed by atoms with Crippen molar-refractivity contribution in [3.05, 3.63) is 77.9 Å². The first-order valence-electron chi connectivity index (χ1n) is 9.26. The van der Waals surface area contributed by atoms with Gasteiger partial charge in [-0.1, -0.05) is 36.4 Å². The first kappa shape index (κ1) is 15.9. The van der Waals surface area contributed by atoms with E-state index in [0.717, 1.165) is 47.7 Å². The third-order valence-electron chi connectivity index (χ3n) is 5.30. The number of ether oxygens (including phenoxy) is 1. The quantitative estimate of drug-likeness (QED) is 0.574. The summed E-state index contributed by atoms with van der Waals surface area (Å²) in [5, 5.41) is 0. The van der Waals surface area contributed by atoms with Gasteiger partial charge < -0.3 is 14.6 Å². The van der Waals surface area contributed by atoms with Gasteiger partial charge in [-0.3, -0.25) is 0 Å². The van der Waals surface area contributed by atoms with Crippen molar-refractivity contribution in [3.63, 3.8) is 0 Å². The van der Waals surface area contributed by atoms with E-state index in [-0.39, 0.29) is 0 Å². The van der Waals surface area contributed by atoms with Gasteiger partial charge in [0.25, 0.3) is 0 Å². The van der Waals surface area contributed by atoms with E-state index in [1.54, 1.807) is 7.11 Å². The summed E-state index contributed by atoms with van der Waals surface area (Å²) in [4.78, 5) is 10.6. The van der Waals surface area contributed by atoms with Crippen LogP contribution in [0.25, 0.3) is 22.4 Å². The first-order chi connectivity index (χ1) is 13.3. The van der Waals surface area contributed by atoms with E-state index in [0.29, 0.717) is 0 Å². The number of rotatable bonds is 3. The lowest BCUT2D eigenvalue weighted by Gasteiger charge is -2.31. The summed E-state index contributed by atoms with van der Waals surface area (Å²) in [5.74, 6) is 1.72. The Labute approximate surface area is 158 Å². The second-order valence-corrected chi connectivity index (χ2v) is 6.96. The molecule has 134 valence electrons. The van der Waals surface area contributed by atoms with E-state index in [1.807, 2.05) is 18.2 Å². The predicted octanol–water partition coefficient (Wildman–Crippen LogP) is 4.80. The van der Waals surface area contributed by atoms with Crippen LogP contribution in [-0.2, 0) is 13.0 Å². The number of nitrogens with zero attached hydrogens (tertiary/aromatic N) is 2. The van der Waals surface area contributed by atoms with Crippen molar-refractivity contribution in [1.29, 1.82) is 0 Å². The highest BCUT2D eigenvalue weighted by Crippen LogP contribution is 2.29. The maximum absolute atomic E-state index is 5.31. The molecule has 3 aromatic carbocycles. The third-order valence-corrected chi connectivity index (χ3v) is 5.30. The lowest BCUT2D eigenvalue weighted by Crippen LogP contribution is -2.30. The molecule has 0 unspecified atom stereocenters. The molecule has 0 aliphatic carbocycles. The van der Waals surface area contributed by atoms with Crippen LogP contribution in [0.5, 0.6) is 5.75 Å². The highest BCUT2D eigenvalue weighted by Gasteiger charge is 2.17. The molecule has 2 heterocycles. The third kappa shape index (κ3) is 2.93. The number of methoxy groups -OCH3 is 1. The van der Waals surface area contributed by atoms with Crippen LogP contribution in [0.15, 0.2) is 66.7 Å². The van der Waals surface area contributed by atoms with Gasteiger partial charge in [-0.25, -0.2) is 4.98 Å². The van der Waals surface area contributed by atoms with E-state index in [4.69, 9.17) is 9.72 Å². The van der Waals surface area contributed by atoms with Gasteiger partial charge in [0.05, 0.1) is 18.1 Å². The fourth-order valence-electron chi connectivity index (χ4n) is 3.82. The van der Waals surface area contributed by atoms with E-state index in [9.17, 15) is 0 Å². The summed E-state index contributed by atoms with van der Waals surface area (Å²) >= 11 is 0. The smallest absolute Gasteiger partial charge is 0.138 e. The first-order valence-corrected chi connectivity index (χ1v) is 9.26. The number of benzene rings is 3. The molecule has 0 fully saturated rings. The fourth-order valence-corrected chi connectivity index (χ4v) is 3.82. The standard InChI is InChI=1S/C23H21N3O/c1-27-20-9-10-21-22(14-20)25-23(24-21)17-7-4-8-19(13-17)26-12-11-16-5-2-3-6-18(16)15-26/h2-10,13-14H,11-12,15H2,1H3,(H,24,25). The van der Waals surface area contributed by atoms with Gasteiger partial charge in [0.15, 0.2) is 0 Å². The number of H-pyrrole nitrogens is 1. The molecule has 0 atom stereocenters. The van der Waals surface area contributed by atoms with Gasteiger partial charge in [0.1, 0.15) is 11.6 Å². The largest absolute Gasteiger partial charge is 0.497 e. The molecule has 0 radical (unpaired) electrons. The Morgan fingerprint density at radius 3 is 2.74 bits per heavy atom. The Morgan fingerprint density at radius 2 is 1.85 bits per heavy atom. The highest BCUT2D eigenvalue weighted by atomic mass is 16.5. The minimum atomic E-state index is 0.832. The lowest BCUT2D eigenvalue weighted by atomic mass is 9.99. The van der Waals surface area contributed by atoms with E-state index in [2.05, 4.69) is 58.4 Å². The second-order valence-electron chi connectivity index (χ2n) is 6.96. The average molecular weight is 355 g/mol. The average Bonchev–Trinajstić information content (AvgIpc) is 3.17. The minimum Gasteiger partial charge on any atom is -0.497 e. The zero-order valence-corrected chi connectivity index (χ0v) is 15.3. The summed E-state index contributed by atoms with van der Waals surface area (Å²) in [6.07, 6.45) is 1.09. The Balaban J connectivity index is 1.47.